The van der Waals surface area contributed by atoms with E-state index in [2.05, 4.69) is 40.1 Å². The Kier molecular flexibility index (Phi) is 7.82. The lowest BCUT2D eigenvalue weighted by Crippen LogP contribution is -2.53. The van der Waals surface area contributed by atoms with Crippen molar-refractivity contribution >= 4 is 17.2 Å². The molecule has 2 amide bonds. The van der Waals surface area contributed by atoms with E-state index < -0.39 is 5.60 Å². The van der Waals surface area contributed by atoms with Gasteiger partial charge in [0.2, 0.25) is 0 Å². The average molecular weight is 537 g/mol. The summed E-state index contributed by atoms with van der Waals surface area (Å²) in [5, 5.41) is 7.49. The van der Waals surface area contributed by atoms with Crippen LogP contribution in [-0.2, 0) is 10.3 Å². The molecule has 0 aliphatic carbocycles. The van der Waals surface area contributed by atoms with Gasteiger partial charge in [-0.3, -0.25) is 4.90 Å². The third-order valence-corrected chi connectivity index (χ3v) is 8.20. The molecule has 2 saturated heterocycles. The molecule has 2 aliphatic heterocycles. The predicted octanol–water partition coefficient (Wildman–Crippen LogP) is 4.73. The zero-order valence-electron chi connectivity index (χ0n) is 23.8. The van der Waals surface area contributed by atoms with Gasteiger partial charge in [0.15, 0.2) is 0 Å². The minimum atomic E-state index is -0.639. The number of methoxy groups -OCH3 is 1. The fraction of sp³-hybridized carbons (Fsp3) is 0.533. The first-order valence-electron chi connectivity index (χ1n) is 14.1. The number of carbonyl (C=O) groups excluding carboxylic acids is 1. The smallest absolute Gasteiger partial charge is 0.317 e. The van der Waals surface area contributed by atoms with Crippen LogP contribution in [0.5, 0.6) is 0 Å². The van der Waals surface area contributed by atoms with Gasteiger partial charge in [-0.2, -0.15) is 5.10 Å². The fourth-order valence-corrected chi connectivity index (χ4v) is 5.97. The number of likely N-dealkylation sites (tertiary alicyclic amines) is 1. The molecular weight excluding hydrogens is 495 g/mol. The molecule has 2 aliphatic rings. The maximum atomic E-state index is 15.7. The van der Waals surface area contributed by atoms with E-state index in [9.17, 15) is 4.79 Å². The van der Waals surface area contributed by atoms with Crippen molar-refractivity contribution in [3.05, 3.63) is 54.1 Å². The summed E-state index contributed by atoms with van der Waals surface area (Å²) in [6.45, 7) is 12.8. The molecule has 39 heavy (non-hydrogen) atoms. The number of carbonyl (C=O) groups is 1. The number of benzene rings is 1. The molecule has 1 N–H and O–H groups in total. The molecule has 8 nitrogen and oxygen atoms in total. The van der Waals surface area contributed by atoms with Crippen LogP contribution in [0.3, 0.4) is 0 Å². The molecule has 0 bridgehead atoms. The molecule has 3 aromatic rings. The van der Waals surface area contributed by atoms with Crippen molar-refractivity contribution in [2.24, 2.45) is 0 Å². The molecular formula is C30H41FN6O2. The number of amides is 2. The molecule has 2 aromatic heterocycles. The molecule has 0 saturated carbocycles. The normalized spacial score (nSPS) is 20.8. The van der Waals surface area contributed by atoms with Crippen LogP contribution >= 0.6 is 0 Å². The Morgan fingerprint density at radius 1 is 1.05 bits per heavy atom. The highest BCUT2D eigenvalue weighted by atomic mass is 19.1. The Hall–Kier alpha value is -3.17. The maximum absolute atomic E-state index is 15.7. The minimum Gasteiger partial charge on any atom is -0.372 e. The first-order valence-corrected chi connectivity index (χ1v) is 14.1. The summed E-state index contributed by atoms with van der Waals surface area (Å²) in [7, 11) is 1.70. The van der Waals surface area contributed by atoms with Crippen molar-refractivity contribution < 1.29 is 13.9 Å². The lowest BCUT2D eigenvalue weighted by molar-refractivity contribution is -0.0787. The van der Waals surface area contributed by atoms with E-state index in [0.29, 0.717) is 31.2 Å². The summed E-state index contributed by atoms with van der Waals surface area (Å²) in [5.41, 5.74) is 3.73. The SMILES string of the molecule is CO[C@@]1(c2ccc(-c3cc4c(N5CCN(C(=O)NC(C)C)CC5)ccnn4c3)cc2F)CCCN(C(C)C)C1. The van der Waals surface area contributed by atoms with E-state index in [1.54, 1.807) is 19.4 Å². The van der Waals surface area contributed by atoms with Crippen molar-refractivity contribution in [1.82, 2.24) is 24.7 Å². The summed E-state index contributed by atoms with van der Waals surface area (Å²) in [5.74, 6) is -0.237. The second-order valence-electron chi connectivity index (χ2n) is 11.4. The molecule has 1 atom stereocenters. The Morgan fingerprint density at radius 3 is 2.49 bits per heavy atom. The van der Waals surface area contributed by atoms with Crippen molar-refractivity contribution in [2.45, 2.75) is 58.2 Å². The zero-order valence-corrected chi connectivity index (χ0v) is 23.8. The molecule has 0 unspecified atom stereocenters. The summed E-state index contributed by atoms with van der Waals surface area (Å²) < 4.78 is 23.6. The topological polar surface area (TPSA) is 65.3 Å². The maximum Gasteiger partial charge on any atom is 0.317 e. The molecule has 4 heterocycles. The van der Waals surface area contributed by atoms with Crippen molar-refractivity contribution in [1.29, 1.82) is 0 Å². The van der Waals surface area contributed by atoms with Gasteiger partial charge in [-0.05, 0) is 70.8 Å². The Bertz CT molecular complexity index is 1320. The predicted molar refractivity (Wildman–Crippen MR) is 153 cm³/mol. The fourth-order valence-electron chi connectivity index (χ4n) is 5.97. The highest BCUT2D eigenvalue weighted by Crippen LogP contribution is 2.38. The number of nitrogens with one attached hydrogen (secondary N) is 1. The molecule has 5 rings (SSSR count). The van der Waals surface area contributed by atoms with Crippen LogP contribution in [-0.4, -0.2) is 83.9 Å². The van der Waals surface area contributed by atoms with Crippen LogP contribution in [0.15, 0.2) is 42.7 Å². The Morgan fingerprint density at radius 2 is 1.82 bits per heavy atom. The monoisotopic (exact) mass is 536 g/mol. The molecule has 210 valence electrons. The van der Waals surface area contributed by atoms with Gasteiger partial charge in [0.1, 0.15) is 11.4 Å². The lowest BCUT2D eigenvalue weighted by atomic mass is 9.84. The van der Waals surface area contributed by atoms with Crippen molar-refractivity contribution in [2.75, 3.05) is 51.3 Å². The number of piperazine rings is 1. The van der Waals surface area contributed by atoms with Gasteiger partial charge >= 0.3 is 6.03 Å². The van der Waals surface area contributed by atoms with Crippen LogP contribution in [0.4, 0.5) is 14.9 Å². The van der Waals surface area contributed by atoms with Gasteiger partial charge in [-0.25, -0.2) is 13.7 Å². The largest absolute Gasteiger partial charge is 0.372 e. The quantitative estimate of drug-likeness (QED) is 0.494. The molecule has 9 heteroatoms. The first kappa shape index (κ1) is 27.4. The van der Waals surface area contributed by atoms with Crippen molar-refractivity contribution in [3.8, 4) is 11.1 Å². The standard InChI is InChI=1S/C30H41FN6O2/c1-21(2)33-29(38)35-15-13-34(14-16-35)27-9-11-32-37-19-24(18-28(27)37)23-7-8-25(26(31)17-23)30(39-5)10-6-12-36(20-30)22(3)4/h7-9,11,17-19,21-22H,6,10,12-16,20H2,1-5H3,(H,33,38)/t30-/m0/s1. The Balaban J connectivity index is 1.38. The van der Waals surface area contributed by atoms with E-state index in [-0.39, 0.29) is 17.9 Å². The third kappa shape index (κ3) is 5.47. The van der Waals surface area contributed by atoms with Crippen LogP contribution in [0.2, 0.25) is 0 Å². The third-order valence-electron chi connectivity index (χ3n) is 8.20. The van der Waals surface area contributed by atoms with Gasteiger partial charge in [0, 0.05) is 75.4 Å². The number of halogens is 1. The second kappa shape index (κ2) is 11.1. The van der Waals surface area contributed by atoms with E-state index in [1.807, 2.05) is 47.7 Å². The minimum absolute atomic E-state index is 0.0136. The van der Waals surface area contributed by atoms with Crippen molar-refractivity contribution in [3.63, 3.8) is 0 Å². The van der Waals surface area contributed by atoms with E-state index in [0.717, 1.165) is 54.8 Å². The number of hydrogen-bond donors (Lipinski definition) is 1. The Labute approximate surface area is 230 Å². The summed E-state index contributed by atoms with van der Waals surface area (Å²) in [6.07, 6.45) is 5.52. The van der Waals surface area contributed by atoms with Gasteiger partial charge in [-0.1, -0.05) is 12.1 Å². The number of anilines is 1. The van der Waals surface area contributed by atoms with Gasteiger partial charge < -0.3 is 19.9 Å². The number of piperidine rings is 1. The van der Waals surface area contributed by atoms with Gasteiger partial charge in [0.05, 0.1) is 11.2 Å². The lowest BCUT2D eigenvalue weighted by Gasteiger charge is -2.44. The van der Waals surface area contributed by atoms with E-state index >= 15 is 4.39 Å². The van der Waals surface area contributed by atoms with Crippen LogP contribution in [0.25, 0.3) is 16.6 Å². The number of aromatic nitrogens is 2. The molecule has 0 spiro atoms. The first-order chi connectivity index (χ1) is 18.7. The number of rotatable bonds is 6. The number of hydrogen-bond acceptors (Lipinski definition) is 5. The summed E-state index contributed by atoms with van der Waals surface area (Å²) in [6, 6.07) is 10.1. The average Bonchev–Trinajstić information content (AvgIpc) is 3.37. The van der Waals surface area contributed by atoms with Gasteiger partial charge in [-0.15, -0.1) is 0 Å². The highest BCUT2D eigenvalue weighted by molar-refractivity contribution is 5.80. The van der Waals surface area contributed by atoms with Crippen LogP contribution in [0, 0.1) is 5.82 Å². The molecule has 2 fully saturated rings. The van der Waals surface area contributed by atoms with Crippen LogP contribution in [0.1, 0.15) is 46.1 Å². The highest BCUT2D eigenvalue weighted by Gasteiger charge is 2.40. The van der Waals surface area contributed by atoms with E-state index in [4.69, 9.17) is 4.74 Å². The number of ether oxygens (including phenoxy) is 1. The number of nitrogens with zero attached hydrogens (tertiary/aromatic N) is 5. The molecule has 0 radical (unpaired) electrons. The number of fused-ring (bicyclic) bond motifs is 1. The zero-order chi connectivity index (χ0) is 27.7. The summed E-state index contributed by atoms with van der Waals surface area (Å²) >= 11 is 0. The van der Waals surface area contributed by atoms with Gasteiger partial charge in [0.25, 0.3) is 0 Å². The summed E-state index contributed by atoms with van der Waals surface area (Å²) in [4.78, 5) is 18.9. The molecule has 1 aromatic carbocycles. The van der Waals surface area contributed by atoms with Crippen LogP contribution < -0.4 is 10.2 Å². The second-order valence-corrected chi connectivity index (χ2v) is 11.4. The number of urea groups is 1. The van der Waals surface area contributed by atoms with E-state index in [1.165, 1.54) is 0 Å².